The van der Waals surface area contributed by atoms with Crippen molar-refractivity contribution in [3.8, 4) is 22.6 Å². The predicted molar refractivity (Wildman–Crippen MR) is 151 cm³/mol. The first-order chi connectivity index (χ1) is 18.4. The number of nitrogens with zero attached hydrogens (tertiary/aromatic N) is 4. The molecule has 1 atom stereocenters. The molecule has 4 N–H and O–H groups in total. The van der Waals surface area contributed by atoms with Crippen LogP contribution in [-0.4, -0.2) is 47.2 Å². The molecule has 0 aliphatic heterocycles. The molecule has 5 rings (SSSR count). The second-order valence-corrected chi connectivity index (χ2v) is 10.7. The Hall–Kier alpha value is -4.41. The number of hydrogen-bond donors (Lipinski definition) is 3. The summed E-state index contributed by atoms with van der Waals surface area (Å²) in [6.07, 6.45) is 6.91. The molecule has 38 heavy (non-hydrogen) atoms. The normalized spacial score (nSPS) is 12.3. The maximum absolute atomic E-state index is 11.8. The van der Waals surface area contributed by atoms with Crippen LogP contribution in [0.3, 0.4) is 0 Å². The van der Waals surface area contributed by atoms with Gasteiger partial charge >= 0.3 is 0 Å². The highest BCUT2D eigenvalue weighted by Gasteiger charge is 2.16. The van der Waals surface area contributed by atoms with E-state index in [1.807, 2.05) is 42.5 Å². The molecule has 0 amide bonds. The van der Waals surface area contributed by atoms with Crippen LogP contribution in [0.2, 0.25) is 0 Å². The molecule has 3 heterocycles. The summed E-state index contributed by atoms with van der Waals surface area (Å²) >= 11 is 0. The van der Waals surface area contributed by atoms with Gasteiger partial charge in [-0.2, -0.15) is 0 Å². The molecule has 192 valence electrons. The molecule has 0 aliphatic rings. The lowest BCUT2D eigenvalue weighted by Crippen LogP contribution is -2.31. The third kappa shape index (κ3) is 6.10. The lowest BCUT2D eigenvalue weighted by atomic mass is 10.1. The van der Waals surface area contributed by atoms with Crippen molar-refractivity contribution >= 4 is 32.4 Å². The number of nitrogens with two attached hydrogens (primary N) is 1. The lowest BCUT2D eigenvalue weighted by molar-refractivity contribution is 0.607. The van der Waals surface area contributed by atoms with Gasteiger partial charge in [0, 0.05) is 53.4 Å². The number of pyridine rings is 2. The Morgan fingerprint density at radius 1 is 0.895 bits per heavy atom. The quantitative estimate of drug-likeness (QED) is 0.262. The summed E-state index contributed by atoms with van der Waals surface area (Å²) in [6, 6.07) is 22.6. The highest BCUT2D eigenvalue weighted by molar-refractivity contribution is 7.92. The summed E-state index contributed by atoms with van der Waals surface area (Å²) < 4.78 is 26.1. The summed E-state index contributed by atoms with van der Waals surface area (Å²) in [6.45, 7) is 0.502. The van der Waals surface area contributed by atoms with Crippen molar-refractivity contribution in [3.05, 3.63) is 97.0 Å². The van der Waals surface area contributed by atoms with Crippen LogP contribution in [0.1, 0.15) is 5.56 Å². The van der Waals surface area contributed by atoms with Crippen LogP contribution in [0.25, 0.3) is 33.5 Å². The molecule has 1 unspecified atom stereocenters. The zero-order valence-electron chi connectivity index (χ0n) is 20.7. The summed E-state index contributed by atoms with van der Waals surface area (Å²) in [7, 11) is -3.43. The molecule has 0 aliphatic carbocycles. The number of aromatic nitrogens is 4. The minimum atomic E-state index is -3.43. The van der Waals surface area contributed by atoms with Gasteiger partial charge < -0.3 is 11.1 Å². The molecule has 0 saturated heterocycles. The fourth-order valence-corrected chi connectivity index (χ4v) is 4.75. The van der Waals surface area contributed by atoms with Crippen LogP contribution in [0.4, 0.5) is 11.5 Å². The summed E-state index contributed by atoms with van der Waals surface area (Å²) in [5, 5.41) is 4.21. The van der Waals surface area contributed by atoms with Gasteiger partial charge in [0.2, 0.25) is 10.0 Å². The van der Waals surface area contributed by atoms with Gasteiger partial charge in [-0.3, -0.25) is 14.7 Å². The van der Waals surface area contributed by atoms with E-state index in [-0.39, 0.29) is 6.04 Å². The minimum Gasteiger partial charge on any atom is -0.368 e. The van der Waals surface area contributed by atoms with E-state index in [0.717, 1.165) is 29.2 Å². The second-order valence-electron chi connectivity index (χ2n) is 8.97. The van der Waals surface area contributed by atoms with Crippen molar-refractivity contribution < 1.29 is 8.42 Å². The number of hydrogen-bond acceptors (Lipinski definition) is 8. The number of benzene rings is 2. The van der Waals surface area contributed by atoms with Crippen molar-refractivity contribution in [1.29, 1.82) is 0 Å². The van der Waals surface area contributed by atoms with Crippen molar-refractivity contribution in [2.45, 2.75) is 12.5 Å². The van der Waals surface area contributed by atoms with E-state index in [1.165, 1.54) is 5.56 Å². The Morgan fingerprint density at radius 3 is 2.45 bits per heavy atom. The third-order valence-corrected chi connectivity index (χ3v) is 6.47. The van der Waals surface area contributed by atoms with Gasteiger partial charge in [-0.25, -0.2) is 18.4 Å². The average Bonchev–Trinajstić information content (AvgIpc) is 2.91. The predicted octanol–water partition coefficient (Wildman–Crippen LogP) is 4.11. The second kappa shape index (κ2) is 10.9. The van der Waals surface area contributed by atoms with Crippen LogP contribution in [0.15, 0.2) is 91.4 Å². The monoisotopic (exact) mass is 525 g/mol. The zero-order chi connectivity index (χ0) is 26.5. The van der Waals surface area contributed by atoms with Gasteiger partial charge in [0.25, 0.3) is 0 Å². The number of nitrogens with one attached hydrogen (secondary N) is 2. The first-order valence-corrected chi connectivity index (χ1v) is 13.9. The Kier molecular flexibility index (Phi) is 7.25. The highest BCUT2D eigenvalue weighted by atomic mass is 32.2. The van der Waals surface area contributed by atoms with Crippen molar-refractivity contribution in [1.82, 2.24) is 19.9 Å². The van der Waals surface area contributed by atoms with E-state index >= 15 is 0 Å². The minimum absolute atomic E-state index is 0.133. The van der Waals surface area contributed by atoms with Crippen molar-refractivity contribution in [2.24, 2.45) is 5.73 Å². The first kappa shape index (κ1) is 25.2. The number of anilines is 2. The molecule has 0 spiro atoms. The molecular formula is C28H27N7O2S. The van der Waals surface area contributed by atoms with Crippen LogP contribution >= 0.6 is 0 Å². The molecule has 5 aromatic rings. The fourth-order valence-electron chi connectivity index (χ4n) is 4.19. The summed E-state index contributed by atoms with van der Waals surface area (Å²) in [5.74, 6) is 1.15. The van der Waals surface area contributed by atoms with Gasteiger partial charge in [-0.1, -0.05) is 42.5 Å². The van der Waals surface area contributed by atoms with Gasteiger partial charge in [0.1, 0.15) is 11.3 Å². The lowest BCUT2D eigenvalue weighted by Gasteiger charge is -2.16. The fraction of sp³-hybridized carbons (Fsp3) is 0.143. The molecule has 0 fully saturated rings. The summed E-state index contributed by atoms with van der Waals surface area (Å²) in [4.78, 5) is 18.4. The Morgan fingerprint density at radius 2 is 1.68 bits per heavy atom. The number of fused-ring (bicyclic) bond motifs is 1. The Bertz CT molecular complexity index is 1660. The zero-order valence-corrected chi connectivity index (χ0v) is 21.6. The molecule has 10 heteroatoms. The smallest absolute Gasteiger partial charge is 0.229 e. The van der Waals surface area contributed by atoms with Crippen molar-refractivity contribution in [2.75, 3.05) is 22.8 Å². The molecule has 3 aromatic heterocycles. The standard InChI is InChI=1S/C28H27N7O2S/c1-38(36,37)35-23-9-5-8-21(17-23)25-26-24(12-15-31-25)28(34-27(33-26)20-10-13-30-14-11-20)32-18-22(29)16-19-6-3-2-4-7-19/h2-15,17,22,35H,16,18,29H2,1H3,(H,32,33,34). The topological polar surface area (TPSA) is 136 Å². The molecule has 9 nitrogen and oxygen atoms in total. The van der Waals surface area contributed by atoms with Gasteiger partial charge in [0.15, 0.2) is 5.82 Å². The van der Waals surface area contributed by atoms with Crippen LogP contribution in [0.5, 0.6) is 0 Å². The molecule has 2 aromatic carbocycles. The van der Waals surface area contributed by atoms with E-state index in [0.29, 0.717) is 35.1 Å². The summed E-state index contributed by atoms with van der Waals surface area (Å²) in [5.41, 5.74) is 10.8. The van der Waals surface area contributed by atoms with E-state index in [1.54, 1.807) is 36.8 Å². The maximum Gasteiger partial charge on any atom is 0.229 e. The maximum atomic E-state index is 11.8. The number of rotatable bonds is 9. The van der Waals surface area contributed by atoms with Crippen LogP contribution < -0.4 is 15.8 Å². The van der Waals surface area contributed by atoms with E-state index in [2.05, 4.69) is 32.1 Å². The molecule has 0 saturated carbocycles. The molecular weight excluding hydrogens is 498 g/mol. The number of sulfonamides is 1. The largest absolute Gasteiger partial charge is 0.368 e. The third-order valence-electron chi connectivity index (χ3n) is 5.86. The Labute approximate surface area is 221 Å². The van der Waals surface area contributed by atoms with Crippen LogP contribution in [0, 0.1) is 0 Å². The molecule has 0 radical (unpaired) electrons. The van der Waals surface area contributed by atoms with Crippen molar-refractivity contribution in [3.63, 3.8) is 0 Å². The first-order valence-electron chi connectivity index (χ1n) is 12.0. The van der Waals surface area contributed by atoms with Gasteiger partial charge in [-0.15, -0.1) is 0 Å². The van der Waals surface area contributed by atoms with Gasteiger partial charge in [-0.05, 0) is 42.3 Å². The van der Waals surface area contributed by atoms with E-state index in [9.17, 15) is 8.42 Å². The van der Waals surface area contributed by atoms with Crippen LogP contribution in [-0.2, 0) is 16.4 Å². The molecule has 0 bridgehead atoms. The SMILES string of the molecule is CS(=O)(=O)Nc1cccc(-c2nccc3c(NCC(N)Cc4ccccc4)nc(-c4ccncc4)nc23)c1. The highest BCUT2D eigenvalue weighted by Crippen LogP contribution is 2.32. The van der Waals surface area contributed by atoms with E-state index in [4.69, 9.17) is 15.7 Å². The average molecular weight is 526 g/mol. The Balaban J connectivity index is 1.55. The van der Waals surface area contributed by atoms with Gasteiger partial charge in [0.05, 0.1) is 11.9 Å². The van der Waals surface area contributed by atoms with E-state index < -0.39 is 10.0 Å².